The third-order valence-electron chi connectivity index (χ3n) is 4.84. The van der Waals surface area contributed by atoms with E-state index < -0.39 is 0 Å². The van der Waals surface area contributed by atoms with Gasteiger partial charge in [0.15, 0.2) is 5.96 Å². The van der Waals surface area contributed by atoms with Crippen molar-refractivity contribution in [3.63, 3.8) is 0 Å². The molecule has 9 heteroatoms. The second-order valence-corrected chi connectivity index (χ2v) is 8.08. The fourth-order valence-electron chi connectivity index (χ4n) is 2.91. The summed E-state index contributed by atoms with van der Waals surface area (Å²) in [6.45, 7) is 5.21. The Bertz CT molecular complexity index is 879. The van der Waals surface area contributed by atoms with Crippen molar-refractivity contribution >= 4 is 47.4 Å². The highest BCUT2D eigenvalue weighted by molar-refractivity contribution is 14.0. The summed E-state index contributed by atoms with van der Waals surface area (Å²) in [5, 5.41) is 6.63. The highest BCUT2D eigenvalue weighted by Crippen LogP contribution is 2.29. The first-order valence-corrected chi connectivity index (χ1v) is 10.1. The van der Waals surface area contributed by atoms with Crippen LogP contribution in [0, 0.1) is 5.82 Å². The van der Waals surface area contributed by atoms with Gasteiger partial charge in [0, 0.05) is 55.9 Å². The summed E-state index contributed by atoms with van der Waals surface area (Å²) in [7, 11) is 3.41. The first-order valence-electron chi connectivity index (χ1n) is 9.77. The maximum absolute atomic E-state index is 13.3. The number of pyridine rings is 1. The van der Waals surface area contributed by atoms with Crippen LogP contribution < -0.4 is 10.6 Å². The number of aliphatic imine (C=N–C) groups is 1. The molecule has 0 aliphatic heterocycles. The largest absolute Gasteiger partial charge is 0.356 e. The average molecular weight is 562 g/mol. The minimum absolute atomic E-state index is 0. The normalized spacial score (nSPS) is 11.5. The number of nitrogens with one attached hydrogen (secondary N) is 2. The van der Waals surface area contributed by atoms with Gasteiger partial charge < -0.3 is 15.5 Å². The quantitative estimate of drug-likeness (QED) is 0.293. The number of likely N-dealkylation sites (N-methyl/N-ethyl adjacent to an activating group) is 1. The highest BCUT2D eigenvalue weighted by atomic mass is 127. The van der Waals surface area contributed by atoms with E-state index in [0.29, 0.717) is 30.5 Å². The average Bonchev–Trinajstić information content (AvgIpc) is 2.72. The molecule has 0 bridgehead atoms. The Morgan fingerprint density at radius 2 is 2.00 bits per heavy atom. The summed E-state index contributed by atoms with van der Waals surface area (Å²) in [6, 6.07) is 10.1. The number of hydrogen-bond donors (Lipinski definition) is 2. The third kappa shape index (κ3) is 8.60. The van der Waals surface area contributed by atoms with Gasteiger partial charge in [-0.1, -0.05) is 37.6 Å². The molecule has 0 spiro atoms. The molecule has 31 heavy (non-hydrogen) atoms. The molecule has 2 rings (SSSR count). The number of carbonyl (C=O) groups excluding carboxylic acids is 1. The lowest BCUT2D eigenvalue weighted by Crippen LogP contribution is -2.47. The fraction of sp³-hybridized carbons (Fsp3) is 0.409. The van der Waals surface area contributed by atoms with Crippen LogP contribution in [0.3, 0.4) is 0 Å². The zero-order valence-electron chi connectivity index (χ0n) is 18.3. The van der Waals surface area contributed by atoms with Gasteiger partial charge >= 0.3 is 0 Å². The standard InChI is InChI=1S/C22H29ClFN5O.HI/c1-22(2,18-9-8-16(24)13-19(18)23)15-28-21(25-3)27-14-20(30)29(4)12-10-17-7-5-6-11-26-17;/h5-9,11,13H,10,12,14-15H2,1-4H3,(H2,25,27,28);1H. The summed E-state index contributed by atoms with van der Waals surface area (Å²) in [6.07, 6.45) is 2.44. The molecule has 2 N–H and O–H groups in total. The van der Waals surface area contributed by atoms with Crippen LogP contribution in [-0.4, -0.2) is 55.5 Å². The molecule has 0 aliphatic rings. The molecule has 6 nitrogen and oxygen atoms in total. The number of halogens is 3. The predicted octanol–water partition coefficient (Wildman–Crippen LogP) is 3.64. The van der Waals surface area contributed by atoms with E-state index in [1.54, 1.807) is 31.3 Å². The van der Waals surface area contributed by atoms with Gasteiger partial charge in [-0.25, -0.2) is 4.39 Å². The molecular formula is C22H30ClFIN5O. The van der Waals surface area contributed by atoms with Crippen molar-refractivity contribution in [2.24, 2.45) is 4.99 Å². The van der Waals surface area contributed by atoms with Gasteiger partial charge in [-0.3, -0.25) is 14.8 Å². The number of rotatable bonds is 8. The van der Waals surface area contributed by atoms with Crippen molar-refractivity contribution in [3.8, 4) is 0 Å². The Labute approximate surface area is 205 Å². The van der Waals surface area contributed by atoms with E-state index in [-0.39, 0.29) is 47.7 Å². The summed E-state index contributed by atoms with van der Waals surface area (Å²) in [5.41, 5.74) is 1.41. The van der Waals surface area contributed by atoms with Crippen LogP contribution in [0.1, 0.15) is 25.1 Å². The van der Waals surface area contributed by atoms with Crippen LogP contribution in [0.5, 0.6) is 0 Å². The van der Waals surface area contributed by atoms with Crippen molar-refractivity contribution in [1.29, 1.82) is 0 Å². The van der Waals surface area contributed by atoms with Crippen LogP contribution in [-0.2, 0) is 16.6 Å². The predicted molar refractivity (Wildman–Crippen MR) is 135 cm³/mol. The second kappa shape index (κ2) is 12.8. The number of aromatic nitrogens is 1. The van der Waals surface area contributed by atoms with Gasteiger partial charge in [-0.05, 0) is 29.8 Å². The zero-order chi connectivity index (χ0) is 22.1. The van der Waals surface area contributed by atoms with Crippen molar-refractivity contribution < 1.29 is 9.18 Å². The smallest absolute Gasteiger partial charge is 0.241 e. The molecule has 0 radical (unpaired) electrons. The summed E-state index contributed by atoms with van der Waals surface area (Å²) in [5.74, 6) is 0.0955. The lowest BCUT2D eigenvalue weighted by atomic mass is 9.84. The molecule has 1 aromatic heterocycles. The summed E-state index contributed by atoms with van der Waals surface area (Å²) in [4.78, 5) is 22.5. The minimum Gasteiger partial charge on any atom is -0.356 e. The van der Waals surface area contributed by atoms with Crippen LogP contribution in [0.15, 0.2) is 47.6 Å². The highest BCUT2D eigenvalue weighted by Gasteiger charge is 2.24. The first-order chi connectivity index (χ1) is 14.2. The van der Waals surface area contributed by atoms with Crippen molar-refractivity contribution in [2.45, 2.75) is 25.7 Å². The Kier molecular flexibility index (Phi) is 11.2. The monoisotopic (exact) mass is 561 g/mol. The van der Waals surface area contributed by atoms with E-state index in [1.807, 2.05) is 32.0 Å². The van der Waals surface area contributed by atoms with Crippen LogP contribution in [0.25, 0.3) is 0 Å². The van der Waals surface area contributed by atoms with Crippen LogP contribution in [0.4, 0.5) is 4.39 Å². The maximum Gasteiger partial charge on any atom is 0.241 e. The molecular weight excluding hydrogens is 532 g/mol. The topological polar surface area (TPSA) is 69.6 Å². The van der Waals surface area contributed by atoms with E-state index in [1.165, 1.54) is 12.1 Å². The van der Waals surface area contributed by atoms with Gasteiger partial charge in [0.05, 0.1) is 6.54 Å². The number of carbonyl (C=O) groups is 1. The molecule has 0 atom stereocenters. The Hall–Kier alpha value is -1.94. The Morgan fingerprint density at radius 3 is 2.61 bits per heavy atom. The molecule has 170 valence electrons. The van der Waals surface area contributed by atoms with E-state index in [2.05, 4.69) is 20.6 Å². The number of nitrogens with zero attached hydrogens (tertiary/aromatic N) is 3. The zero-order valence-corrected chi connectivity index (χ0v) is 21.4. The fourth-order valence-corrected chi connectivity index (χ4v) is 3.33. The number of amides is 1. The summed E-state index contributed by atoms with van der Waals surface area (Å²) >= 11 is 6.21. The molecule has 1 heterocycles. The summed E-state index contributed by atoms with van der Waals surface area (Å²) < 4.78 is 13.3. The number of guanidine groups is 1. The van der Waals surface area contributed by atoms with E-state index >= 15 is 0 Å². The van der Waals surface area contributed by atoms with Gasteiger partial charge in [-0.15, -0.1) is 24.0 Å². The molecule has 0 saturated heterocycles. The van der Waals surface area contributed by atoms with Crippen LogP contribution >= 0.6 is 35.6 Å². The minimum atomic E-state index is -0.369. The van der Waals surface area contributed by atoms with Gasteiger partial charge in [-0.2, -0.15) is 0 Å². The molecule has 2 aromatic rings. The van der Waals surface area contributed by atoms with Crippen LogP contribution in [0.2, 0.25) is 5.02 Å². The number of benzene rings is 1. The molecule has 0 unspecified atom stereocenters. The Morgan fingerprint density at radius 1 is 1.26 bits per heavy atom. The van der Waals surface area contributed by atoms with E-state index in [9.17, 15) is 9.18 Å². The van der Waals surface area contributed by atoms with Crippen molar-refractivity contribution in [1.82, 2.24) is 20.5 Å². The molecule has 0 fully saturated rings. The van der Waals surface area contributed by atoms with Gasteiger partial charge in [0.1, 0.15) is 5.82 Å². The lowest BCUT2D eigenvalue weighted by molar-refractivity contribution is -0.128. The maximum atomic E-state index is 13.3. The SMILES string of the molecule is CN=C(NCC(=O)N(C)CCc1ccccn1)NCC(C)(C)c1ccc(F)cc1Cl.I. The lowest BCUT2D eigenvalue weighted by Gasteiger charge is -2.28. The Balaban J connectivity index is 0.00000480. The molecule has 0 aliphatic carbocycles. The number of hydrogen-bond acceptors (Lipinski definition) is 3. The van der Waals surface area contributed by atoms with Gasteiger partial charge in [0.25, 0.3) is 0 Å². The van der Waals surface area contributed by atoms with Crippen molar-refractivity contribution in [3.05, 3.63) is 64.7 Å². The third-order valence-corrected chi connectivity index (χ3v) is 5.16. The molecule has 0 saturated carbocycles. The second-order valence-electron chi connectivity index (χ2n) is 7.67. The molecule has 1 aromatic carbocycles. The van der Waals surface area contributed by atoms with E-state index in [4.69, 9.17) is 11.6 Å². The molecule has 1 amide bonds. The van der Waals surface area contributed by atoms with Gasteiger partial charge in [0.2, 0.25) is 5.91 Å². The van der Waals surface area contributed by atoms with Crippen molar-refractivity contribution in [2.75, 3.05) is 33.7 Å². The first kappa shape index (κ1) is 27.1. The van der Waals surface area contributed by atoms with E-state index in [0.717, 1.165) is 11.3 Å².